The van der Waals surface area contributed by atoms with Crippen LogP contribution in [0.15, 0.2) is 47.7 Å². The fourth-order valence-electron chi connectivity index (χ4n) is 6.29. The number of H-pyrrole nitrogens is 1. The molecule has 1 N–H and O–H groups in total. The van der Waals surface area contributed by atoms with E-state index >= 15 is 0 Å². The second kappa shape index (κ2) is 10.3. The van der Waals surface area contributed by atoms with Gasteiger partial charge in [0.15, 0.2) is 5.82 Å². The Labute approximate surface area is 235 Å². The molecule has 3 aromatic heterocycles. The Morgan fingerprint density at radius 1 is 1.10 bits per heavy atom. The Balaban J connectivity index is 1.75. The second-order valence-electron chi connectivity index (χ2n) is 10.7. The Hall–Kier alpha value is -4.22. The molecule has 1 amide bonds. The van der Waals surface area contributed by atoms with Crippen molar-refractivity contribution in [2.75, 3.05) is 4.90 Å². The SMILES string of the molecule is CCCCC(CC)C1(C)c2c(cccc2C(F)(F)F)C(=O)N1c1cc(-c2c(-c3nncn3C)cnn2C)cc(=O)[nH]1. The Morgan fingerprint density at radius 2 is 1.85 bits per heavy atom. The minimum absolute atomic E-state index is 0.0103. The second-order valence-corrected chi connectivity index (χ2v) is 10.7. The molecule has 0 saturated heterocycles. The predicted molar refractivity (Wildman–Crippen MR) is 148 cm³/mol. The van der Waals surface area contributed by atoms with Gasteiger partial charge in [-0.2, -0.15) is 18.3 Å². The quantitative estimate of drug-likeness (QED) is 0.295. The van der Waals surface area contributed by atoms with E-state index in [2.05, 4.69) is 20.3 Å². The molecule has 0 spiro atoms. The van der Waals surface area contributed by atoms with Crippen molar-refractivity contribution in [3.05, 3.63) is 69.9 Å². The number of fused-ring (bicyclic) bond motifs is 1. The average Bonchev–Trinajstić information content (AvgIpc) is 3.58. The number of carbonyl (C=O) groups is 1. The lowest BCUT2D eigenvalue weighted by atomic mass is 9.73. The van der Waals surface area contributed by atoms with Crippen molar-refractivity contribution in [1.82, 2.24) is 29.5 Å². The number of amides is 1. The highest BCUT2D eigenvalue weighted by Crippen LogP contribution is 2.52. The van der Waals surface area contributed by atoms with E-state index < -0.39 is 28.7 Å². The lowest BCUT2D eigenvalue weighted by Crippen LogP contribution is -2.48. The van der Waals surface area contributed by atoms with Gasteiger partial charge in [0.1, 0.15) is 12.1 Å². The zero-order valence-corrected chi connectivity index (χ0v) is 23.6. The summed E-state index contributed by atoms with van der Waals surface area (Å²) in [5.41, 5.74) is -1.18. The zero-order valence-electron chi connectivity index (χ0n) is 23.6. The van der Waals surface area contributed by atoms with Gasteiger partial charge in [-0.25, -0.2) is 0 Å². The van der Waals surface area contributed by atoms with E-state index in [-0.39, 0.29) is 22.9 Å². The van der Waals surface area contributed by atoms with Crippen molar-refractivity contribution < 1.29 is 18.0 Å². The van der Waals surface area contributed by atoms with Crippen molar-refractivity contribution in [3.8, 4) is 22.6 Å². The fraction of sp³-hybridized carbons (Fsp3) is 0.414. The minimum Gasteiger partial charge on any atom is -0.317 e. The summed E-state index contributed by atoms with van der Waals surface area (Å²) in [7, 11) is 3.49. The molecule has 41 heavy (non-hydrogen) atoms. The maximum absolute atomic E-state index is 14.4. The van der Waals surface area contributed by atoms with E-state index in [0.29, 0.717) is 35.5 Å². The van der Waals surface area contributed by atoms with Gasteiger partial charge in [0.25, 0.3) is 5.91 Å². The molecule has 5 rings (SSSR count). The molecule has 0 aliphatic carbocycles. The summed E-state index contributed by atoms with van der Waals surface area (Å²) in [6.45, 7) is 5.63. The molecular formula is C29H32F3N7O2. The molecule has 1 aromatic carbocycles. The van der Waals surface area contributed by atoms with Crippen LogP contribution in [0.3, 0.4) is 0 Å². The number of anilines is 1. The van der Waals surface area contributed by atoms with Gasteiger partial charge in [-0.3, -0.25) is 19.2 Å². The van der Waals surface area contributed by atoms with Crippen LogP contribution in [0, 0.1) is 5.92 Å². The summed E-state index contributed by atoms with van der Waals surface area (Å²) in [6.07, 6.45) is 1.27. The third kappa shape index (κ3) is 4.54. The molecule has 2 atom stereocenters. The Morgan fingerprint density at radius 3 is 2.49 bits per heavy atom. The standard InChI is InChI=1S/C29H32F3N7O2/c1-6-8-10-18(7-2)28(3)24-19(11-9-12-21(24)29(30,31)32)27(41)39(28)22-13-17(14-23(40)35-22)25-20(15-34-38(25)5)26-36-33-16-37(26)4/h9,11-16,18H,6-8,10H2,1-5H3,(H,35,40). The summed E-state index contributed by atoms with van der Waals surface area (Å²) in [4.78, 5) is 31.3. The van der Waals surface area contributed by atoms with Crippen molar-refractivity contribution in [3.63, 3.8) is 0 Å². The number of rotatable bonds is 8. The van der Waals surface area contributed by atoms with Gasteiger partial charge in [-0.15, -0.1) is 10.2 Å². The van der Waals surface area contributed by atoms with E-state index in [1.165, 1.54) is 23.1 Å². The molecular weight excluding hydrogens is 535 g/mol. The monoisotopic (exact) mass is 567 g/mol. The number of hydrogen-bond acceptors (Lipinski definition) is 5. The molecule has 4 heterocycles. The molecule has 0 fully saturated rings. The third-order valence-corrected chi connectivity index (χ3v) is 8.20. The number of unbranched alkanes of at least 4 members (excludes halogenated alkanes) is 1. The van der Waals surface area contributed by atoms with E-state index in [4.69, 9.17) is 0 Å². The average molecular weight is 568 g/mol. The molecule has 4 aromatic rings. The van der Waals surface area contributed by atoms with E-state index in [0.717, 1.165) is 18.9 Å². The predicted octanol–water partition coefficient (Wildman–Crippen LogP) is 5.68. The van der Waals surface area contributed by atoms with Crippen LogP contribution >= 0.6 is 0 Å². The van der Waals surface area contributed by atoms with Crippen LogP contribution in [0.1, 0.15) is 67.9 Å². The lowest BCUT2D eigenvalue weighted by Gasteiger charge is -2.43. The summed E-state index contributed by atoms with van der Waals surface area (Å²) in [5.74, 6) is -0.265. The number of aromatic nitrogens is 6. The molecule has 12 heteroatoms. The molecule has 0 radical (unpaired) electrons. The van der Waals surface area contributed by atoms with Gasteiger partial charge in [-0.05, 0) is 37.5 Å². The van der Waals surface area contributed by atoms with Crippen molar-refractivity contribution in [1.29, 1.82) is 0 Å². The molecule has 2 unspecified atom stereocenters. The summed E-state index contributed by atoms with van der Waals surface area (Å²) < 4.78 is 46.6. The van der Waals surface area contributed by atoms with Crippen LogP contribution in [-0.2, 0) is 25.8 Å². The molecule has 0 bridgehead atoms. The van der Waals surface area contributed by atoms with Crippen LogP contribution in [0.4, 0.5) is 19.0 Å². The normalized spacial score (nSPS) is 17.8. The fourth-order valence-corrected chi connectivity index (χ4v) is 6.29. The number of nitrogens with one attached hydrogen (secondary N) is 1. The van der Waals surface area contributed by atoms with Gasteiger partial charge in [-0.1, -0.05) is 39.2 Å². The first-order valence-corrected chi connectivity index (χ1v) is 13.6. The van der Waals surface area contributed by atoms with E-state index in [1.54, 1.807) is 48.9 Å². The van der Waals surface area contributed by atoms with Gasteiger partial charge in [0, 0.05) is 36.9 Å². The van der Waals surface area contributed by atoms with Crippen LogP contribution in [-0.4, -0.2) is 35.4 Å². The van der Waals surface area contributed by atoms with Gasteiger partial charge < -0.3 is 9.55 Å². The van der Waals surface area contributed by atoms with Crippen molar-refractivity contribution in [2.24, 2.45) is 20.0 Å². The summed E-state index contributed by atoms with van der Waals surface area (Å²) in [5, 5.41) is 12.5. The largest absolute Gasteiger partial charge is 0.416 e. The number of nitrogens with zero attached hydrogens (tertiary/aromatic N) is 6. The highest BCUT2D eigenvalue weighted by atomic mass is 19.4. The maximum atomic E-state index is 14.4. The molecule has 9 nitrogen and oxygen atoms in total. The number of carbonyl (C=O) groups excluding carboxylic acids is 1. The van der Waals surface area contributed by atoms with Crippen LogP contribution < -0.4 is 10.5 Å². The summed E-state index contributed by atoms with van der Waals surface area (Å²) >= 11 is 0. The van der Waals surface area contributed by atoms with E-state index in [1.807, 2.05) is 13.8 Å². The van der Waals surface area contributed by atoms with Gasteiger partial charge >= 0.3 is 6.18 Å². The minimum atomic E-state index is -4.67. The van der Waals surface area contributed by atoms with Gasteiger partial charge in [0.05, 0.1) is 28.6 Å². The third-order valence-electron chi connectivity index (χ3n) is 8.20. The number of aryl methyl sites for hydroxylation is 2. The van der Waals surface area contributed by atoms with Crippen LogP contribution in [0.5, 0.6) is 0 Å². The van der Waals surface area contributed by atoms with Crippen LogP contribution in [0.2, 0.25) is 0 Å². The Bertz CT molecular complexity index is 1670. The number of hydrogen-bond donors (Lipinski definition) is 1. The first kappa shape index (κ1) is 28.3. The first-order valence-electron chi connectivity index (χ1n) is 13.6. The number of benzene rings is 1. The molecule has 1 aliphatic heterocycles. The van der Waals surface area contributed by atoms with Crippen molar-refractivity contribution >= 4 is 11.7 Å². The number of pyridine rings is 1. The smallest absolute Gasteiger partial charge is 0.317 e. The highest BCUT2D eigenvalue weighted by Gasteiger charge is 2.55. The zero-order chi connectivity index (χ0) is 29.7. The first-order chi connectivity index (χ1) is 19.4. The topological polar surface area (TPSA) is 102 Å². The van der Waals surface area contributed by atoms with E-state index in [9.17, 15) is 22.8 Å². The maximum Gasteiger partial charge on any atom is 0.416 e. The summed E-state index contributed by atoms with van der Waals surface area (Å²) in [6, 6.07) is 6.73. The Kier molecular flexibility index (Phi) is 7.12. The number of alkyl halides is 3. The van der Waals surface area contributed by atoms with Gasteiger partial charge in [0.2, 0.25) is 5.56 Å². The number of halogens is 3. The van der Waals surface area contributed by atoms with Crippen LogP contribution in [0.25, 0.3) is 22.6 Å². The highest BCUT2D eigenvalue weighted by molar-refractivity contribution is 6.12. The number of aromatic amines is 1. The molecule has 1 aliphatic rings. The van der Waals surface area contributed by atoms with Crippen molar-refractivity contribution in [2.45, 2.75) is 58.2 Å². The molecule has 0 saturated carbocycles. The molecule has 216 valence electrons. The lowest BCUT2D eigenvalue weighted by molar-refractivity contribution is -0.138.